The Labute approximate surface area is 127 Å². The zero-order valence-corrected chi connectivity index (χ0v) is 13.6. The molecule has 0 unspecified atom stereocenters. The second-order valence-electron chi connectivity index (χ2n) is 8.18. The molecule has 4 rings (SSSR count). The summed E-state index contributed by atoms with van der Waals surface area (Å²) in [6, 6.07) is 0. The van der Waals surface area contributed by atoms with Gasteiger partial charge in [-0.1, -0.05) is 103 Å². The molecule has 0 aromatic carbocycles. The van der Waals surface area contributed by atoms with Crippen molar-refractivity contribution in [2.75, 3.05) is 0 Å². The molecule has 0 heterocycles. The molecule has 0 aromatic heterocycles. The Bertz CT molecular complexity index is 189. The van der Waals surface area contributed by atoms with Crippen LogP contribution in [0.5, 0.6) is 0 Å². The first-order valence-corrected chi connectivity index (χ1v) is 9.93. The van der Waals surface area contributed by atoms with Crippen molar-refractivity contribution in [1.29, 1.82) is 0 Å². The van der Waals surface area contributed by atoms with Gasteiger partial charge in [0.25, 0.3) is 0 Å². The van der Waals surface area contributed by atoms with Crippen LogP contribution in [0.1, 0.15) is 103 Å². The maximum atomic E-state index is 1.56. The van der Waals surface area contributed by atoms with Crippen molar-refractivity contribution in [2.45, 2.75) is 103 Å². The first-order chi connectivity index (χ1) is 9.93. The highest BCUT2D eigenvalue weighted by Gasteiger charge is 2.27. The van der Waals surface area contributed by atoms with Crippen LogP contribution in [0.15, 0.2) is 0 Å². The molecule has 0 saturated heterocycles. The lowest BCUT2D eigenvalue weighted by atomic mass is 9.71. The quantitative estimate of drug-likeness (QED) is 0.460. The third-order valence-corrected chi connectivity index (χ3v) is 6.93. The SMILES string of the molecule is C1CC[C@H]2CCCC[C@@H]2C1.C1CC[C@H]2CCCC[C@@H]2C1. The highest BCUT2D eigenvalue weighted by atomic mass is 14.3. The van der Waals surface area contributed by atoms with E-state index in [1.165, 1.54) is 51.4 Å². The highest BCUT2D eigenvalue weighted by Crippen LogP contribution is 2.40. The maximum absolute atomic E-state index is 1.56. The van der Waals surface area contributed by atoms with Gasteiger partial charge in [0.1, 0.15) is 0 Å². The lowest BCUT2D eigenvalue weighted by Crippen LogP contribution is -2.22. The Hall–Kier alpha value is 0. The standard InChI is InChI=1S/2C10H18/c2*1-2-6-10-8-4-3-7-9(10)5-1/h2*9-10H,1-8H2/t2*9-,10-. The number of hydrogen-bond acceptors (Lipinski definition) is 0. The lowest BCUT2D eigenvalue weighted by molar-refractivity contribution is 0.171. The molecule has 4 aliphatic carbocycles. The number of hydrogen-bond donors (Lipinski definition) is 0. The molecule has 0 aromatic rings. The van der Waals surface area contributed by atoms with Crippen molar-refractivity contribution >= 4 is 0 Å². The van der Waals surface area contributed by atoms with Crippen LogP contribution >= 0.6 is 0 Å². The molecule has 116 valence electrons. The summed E-state index contributed by atoms with van der Waals surface area (Å²) in [6.45, 7) is 0. The van der Waals surface area contributed by atoms with Crippen LogP contribution < -0.4 is 0 Å². The van der Waals surface area contributed by atoms with Gasteiger partial charge in [-0.25, -0.2) is 0 Å². The second kappa shape index (κ2) is 7.85. The van der Waals surface area contributed by atoms with E-state index in [-0.39, 0.29) is 0 Å². The fourth-order valence-corrected chi connectivity index (χ4v) is 5.72. The summed E-state index contributed by atoms with van der Waals surface area (Å²) in [4.78, 5) is 0. The molecular formula is C20H36. The van der Waals surface area contributed by atoms with Gasteiger partial charge < -0.3 is 0 Å². The van der Waals surface area contributed by atoms with Crippen molar-refractivity contribution in [3.05, 3.63) is 0 Å². The van der Waals surface area contributed by atoms with Gasteiger partial charge in [-0.2, -0.15) is 0 Å². The molecule has 4 fully saturated rings. The van der Waals surface area contributed by atoms with Crippen molar-refractivity contribution < 1.29 is 0 Å². The van der Waals surface area contributed by atoms with E-state index in [2.05, 4.69) is 0 Å². The smallest absolute Gasteiger partial charge is 0.0386 e. The summed E-state index contributed by atoms with van der Waals surface area (Å²) in [5, 5.41) is 0. The van der Waals surface area contributed by atoms with Gasteiger partial charge in [0.15, 0.2) is 0 Å². The number of rotatable bonds is 0. The molecule has 0 aliphatic heterocycles. The van der Waals surface area contributed by atoms with Crippen LogP contribution in [-0.4, -0.2) is 0 Å². The zero-order chi connectivity index (χ0) is 13.6. The Balaban J connectivity index is 0.000000121. The first kappa shape index (κ1) is 14.9. The van der Waals surface area contributed by atoms with Crippen LogP contribution in [-0.2, 0) is 0 Å². The molecule has 0 heteroatoms. The normalized spacial score (nSPS) is 40.8. The predicted molar refractivity (Wildman–Crippen MR) is 87.8 cm³/mol. The van der Waals surface area contributed by atoms with Gasteiger partial charge in [0, 0.05) is 0 Å². The molecule has 4 aliphatic rings. The van der Waals surface area contributed by atoms with Gasteiger partial charge in [0.05, 0.1) is 0 Å². The summed E-state index contributed by atoms with van der Waals surface area (Å²) in [5.74, 6) is 4.62. The van der Waals surface area contributed by atoms with Gasteiger partial charge in [-0.15, -0.1) is 0 Å². The predicted octanol–water partition coefficient (Wildman–Crippen LogP) is 6.73. The van der Waals surface area contributed by atoms with Crippen LogP contribution in [0.4, 0.5) is 0 Å². The fourth-order valence-electron chi connectivity index (χ4n) is 5.72. The molecule has 0 spiro atoms. The van der Waals surface area contributed by atoms with Gasteiger partial charge in [0.2, 0.25) is 0 Å². The molecule has 0 nitrogen and oxygen atoms in total. The van der Waals surface area contributed by atoms with E-state index in [9.17, 15) is 0 Å². The van der Waals surface area contributed by atoms with E-state index in [1.54, 1.807) is 51.4 Å². The van der Waals surface area contributed by atoms with Crippen molar-refractivity contribution in [2.24, 2.45) is 23.7 Å². The van der Waals surface area contributed by atoms with Crippen molar-refractivity contribution in [3.63, 3.8) is 0 Å². The molecule has 0 radical (unpaired) electrons. The summed E-state index contributed by atoms with van der Waals surface area (Å²) in [7, 11) is 0. The van der Waals surface area contributed by atoms with E-state index in [4.69, 9.17) is 0 Å². The Morgan fingerprint density at radius 1 is 0.250 bits per heavy atom. The van der Waals surface area contributed by atoms with Gasteiger partial charge in [-0.3, -0.25) is 0 Å². The molecule has 20 heavy (non-hydrogen) atoms. The van der Waals surface area contributed by atoms with Gasteiger partial charge in [-0.05, 0) is 23.7 Å². The second-order valence-corrected chi connectivity index (χ2v) is 8.18. The Morgan fingerprint density at radius 3 is 0.550 bits per heavy atom. The van der Waals surface area contributed by atoms with Gasteiger partial charge >= 0.3 is 0 Å². The van der Waals surface area contributed by atoms with Crippen LogP contribution in [0.25, 0.3) is 0 Å². The van der Waals surface area contributed by atoms with E-state index >= 15 is 0 Å². The van der Waals surface area contributed by atoms with Crippen molar-refractivity contribution in [1.82, 2.24) is 0 Å². The minimum absolute atomic E-state index is 1.16. The van der Waals surface area contributed by atoms with E-state index in [0.29, 0.717) is 0 Å². The monoisotopic (exact) mass is 276 g/mol. The highest BCUT2D eigenvalue weighted by molar-refractivity contribution is 4.79. The van der Waals surface area contributed by atoms with Crippen LogP contribution in [0, 0.1) is 23.7 Å². The van der Waals surface area contributed by atoms with Crippen LogP contribution in [0.2, 0.25) is 0 Å². The molecule has 4 saturated carbocycles. The molecule has 0 bridgehead atoms. The average Bonchev–Trinajstić information content (AvgIpc) is 2.56. The lowest BCUT2D eigenvalue weighted by Gasteiger charge is -2.35. The van der Waals surface area contributed by atoms with Crippen LogP contribution in [0.3, 0.4) is 0 Å². The average molecular weight is 277 g/mol. The molecule has 0 atom stereocenters. The third kappa shape index (κ3) is 4.01. The first-order valence-electron chi connectivity index (χ1n) is 9.93. The minimum atomic E-state index is 1.16. The summed E-state index contributed by atoms with van der Waals surface area (Å²) < 4.78 is 0. The fraction of sp³-hybridized carbons (Fsp3) is 1.00. The van der Waals surface area contributed by atoms with E-state index < -0.39 is 0 Å². The largest absolute Gasteiger partial charge is 0.0530 e. The Morgan fingerprint density at radius 2 is 0.400 bits per heavy atom. The summed E-state index contributed by atoms with van der Waals surface area (Å²) >= 11 is 0. The van der Waals surface area contributed by atoms with Crippen molar-refractivity contribution in [3.8, 4) is 0 Å². The number of fused-ring (bicyclic) bond motifs is 2. The molecular weight excluding hydrogens is 240 g/mol. The molecule has 0 N–H and O–H groups in total. The summed E-state index contributed by atoms with van der Waals surface area (Å²) in [6.07, 6.45) is 24.7. The van der Waals surface area contributed by atoms with E-state index in [1.807, 2.05) is 0 Å². The summed E-state index contributed by atoms with van der Waals surface area (Å²) in [5.41, 5.74) is 0. The zero-order valence-electron chi connectivity index (χ0n) is 13.6. The minimum Gasteiger partial charge on any atom is -0.0530 e. The third-order valence-electron chi connectivity index (χ3n) is 6.93. The van der Waals surface area contributed by atoms with E-state index in [0.717, 1.165) is 23.7 Å². The maximum Gasteiger partial charge on any atom is -0.0386 e. The topological polar surface area (TPSA) is 0 Å². The Kier molecular flexibility index (Phi) is 5.86. The molecule has 0 amide bonds.